The van der Waals surface area contributed by atoms with Crippen LogP contribution in [0.3, 0.4) is 0 Å². The van der Waals surface area contributed by atoms with E-state index >= 15 is 0 Å². The van der Waals surface area contributed by atoms with Crippen molar-refractivity contribution < 1.29 is 16.6 Å². The first kappa shape index (κ1) is 12.6. The van der Waals surface area contributed by atoms with Gasteiger partial charge in [-0.05, 0) is 0 Å². The molecule has 0 amide bonds. The van der Waals surface area contributed by atoms with Crippen LogP contribution in [0.2, 0.25) is 4.98 Å². The molecule has 0 aromatic carbocycles. The number of unbranched alkanes of at least 4 members (excludes halogenated alkanes) is 1. The molecule has 0 bridgehead atoms. The monoisotopic (exact) mass is 244 g/mol. The molecule has 0 heterocycles. The Morgan fingerprint density at radius 3 is 1.92 bits per heavy atom. The van der Waals surface area contributed by atoms with Crippen molar-refractivity contribution in [1.82, 2.24) is 0 Å². The van der Waals surface area contributed by atoms with Gasteiger partial charge >= 0.3 is 84.1 Å². The van der Waals surface area contributed by atoms with Crippen molar-refractivity contribution in [2.24, 2.45) is 0 Å². The van der Waals surface area contributed by atoms with Gasteiger partial charge in [0.05, 0.1) is 0 Å². The van der Waals surface area contributed by atoms with Crippen LogP contribution in [0.5, 0.6) is 0 Å². The van der Waals surface area contributed by atoms with Crippen LogP contribution >= 0.6 is 0 Å². The van der Waals surface area contributed by atoms with Crippen molar-refractivity contribution in [3.8, 4) is 0 Å². The fourth-order valence-corrected chi connectivity index (χ4v) is 4.59. The summed E-state index contributed by atoms with van der Waals surface area (Å²) in [5, 5.41) is 0. The molecule has 0 saturated heterocycles. The fourth-order valence-electron chi connectivity index (χ4n) is 0.883. The molecule has 0 fully saturated rings. The number of rotatable bonds is 5. The molecule has 4 nitrogen and oxygen atoms in total. The van der Waals surface area contributed by atoms with E-state index in [1.54, 1.807) is 0 Å². The number of carbonyl (C=O) groups is 2. The first-order chi connectivity index (χ1) is 6.06. The minimum absolute atomic E-state index is 0.345. The van der Waals surface area contributed by atoms with Gasteiger partial charge in [0.2, 0.25) is 0 Å². The third kappa shape index (κ3) is 7.92. The van der Waals surface area contributed by atoms with E-state index in [1.807, 2.05) is 6.92 Å². The first-order valence-corrected chi connectivity index (χ1v) is 8.09. The van der Waals surface area contributed by atoms with Crippen LogP contribution in [0.1, 0.15) is 33.6 Å². The molecule has 0 saturated carbocycles. The second-order valence-electron chi connectivity index (χ2n) is 2.79. The van der Waals surface area contributed by atoms with Crippen LogP contribution in [0.15, 0.2) is 0 Å². The van der Waals surface area contributed by atoms with Gasteiger partial charge in [0, 0.05) is 0 Å². The molecule has 0 aliphatic carbocycles. The molecule has 74 valence electrons. The summed E-state index contributed by atoms with van der Waals surface area (Å²) < 4.78 is 9.94. The Morgan fingerprint density at radius 2 is 1.62 bits per heavy atom. The molecular formula is C8H15GaO4. The Labute approximate surface area is 84.5 Å². The second-order valence-corrected chi connectivity index (χ2v) is 6.79. The number of hydrogen-bond acceptors (Lipinski definition) is 4. The van der Waals surface area contributed by atoms with Gasteiger partial charge in [0.1, 0.15) is 0 Å². The molecule has 0 aromatic heterocycles. The van der Waals surface area contributed by atoms with Crippen LogP contribution in [0, 0.1) is 0 Å². The zero-order valence-corrected chi connectivity index (χ0v) is 10.8. The van der Waals surface area contributed by atoms with Crippen molar-refractivity contribution in [3.63, 3.8) is 0 Å². The van der Waals surface area contributed by atoms with Gasteiger partial charge in [0.15, 0.2) is 0 Å². The molecule has 0 unspecified atom stereocenters. The van der Waals surface area contributed by atoms with Gasteiger partial charge in [0.25, 0.3) is 0 Å². The number of carbonyl (C=O) groups excluding carboxylic acids is 2. The summed E-state index contributed by atoms with van der Waals surface area (Å²) in [6, 6.07) is 0. The van der Waals surface area contributed by atoms with Gasteiger partial charge in [-0.25, -0.2) is 0 Å². The van der Waals surface area contributed by atoms with Crippen LogP contribution in [-0.4, -0.2) is 28.9 Å². The van der Waals surface area contributed by atoms with Crippen molar-refractivity contribution in [2.75, 3.05) is 0 Å². The van der Waals surface area contributed by atoms with Crippen LogP contribution in [-0.2, 0) is 16.6 Å². The normalized spacial score (nSPS) is 9.15. The van der Waals surface area contributed by atoms with E-state index in [0.717, 1.165) is 17.8 Å². The average Bonchev–Trinajstić information content (AvgIpc) is 1.98. The summed E-state index contributed by atoms with van der Waals surface area (Å²) in [6.07, 6.45) is 1.97. The number of hydrogen-bond donors (Lipinski definition) is 0. The van der Waals surface area contributed by atoms with Gasteiger partial charge < -0.3 is 0 Å². The second kappa shape index (κ2) is 7.03. The van der Waals surface area contributed by atoms with E-state index in [-0.39, 0.29) is 11.9 Å². The van der Waals surface area contributed by atoms with Gasteiger partial charge in [-0.1, -0.05) is 0 Å². The predicted molar refractivity (Wildman–Crippen MR) is 49.0 cm³/mol. The molecule has 13 heavy (non-hydrogen) atoms. The molecule has 5 heteroatoms. The van der Waals surface area contributed by atoms with Gasteiger partial charge in [-0.2, -0.15) is 0 Å². The standard InChI is InChI=1S/C4H9.2C2H4O2.Ga/c1-3-4-2;2*1-2(3)4;/h1,3-4H2,2H3;2*1H3,(H,3,4);/q;;;+2/p-2. The third-order valence-electron chi connectivity index (χ3n) is 1.39. The SMILES string of the molecule is CCC[CH2][Ga]([O]C(C)=O)[O]C(C)=O. The summed E-state index contributed by atoms with van der Waals surface area (Å²) in [4.78, 5) is 22.0. The quantitative estimate of drug-likeness (QED) is 0.687. The van der Waals surface area contributed by atoms with Gasteiger partial charge in [-0.3, -0.25) is 0 Å². The molecule has 0 radical (unpaired) electrons. The van der Waals surface area contributed by atoms with Crippen molar-refractivity contribution >= 4 is 28.9 Å². The van der Waals surface area contributed by atoms with Crippen LogP contribution < -0.4 is 0 Å². The molecule has 0 N–H and O–H groups in total. The van der Waals surface area contributed by atoms with Crippen molar-refractivity contribution in [3.05, 3.63) is 0 Å². The maximum absolute atomic E-state index is 10.6. The minimum atomic E-state index is -2.54. The zero-order valence-electron chi connectivity index (χ0n) is 8.33. The Kier molecular flexibility index (Phi) is 6.80. The van der Waals surface area contributed by atoms with Gasteiger partial charge in [-0.15, -0.1) is 0 Å². The van der Waals surface area contributed by atoms with E-state index in [9.17, 15) is 9.59 Å². The van der Waals surface area contributed by atoms with E-state index in [1.165, 1.54) is 13.8 Å². The van der Waals surface area contributed by atoms with Crippen LogP contribution in [0.4, 0.5) is 0 Å². The summed E-state index contributed by atoms with van der Waals surface area (Å²) >= 11 is -2.54. The van der Waals surface area contributed by atoms with E-state index in [4.69, 9.17) is 7.06 Å². The molecule has 0 aliphatic heterocycles. The molecule has 0 rings (SSSR count). The fraction of sp³-hybridized carbons (Fsp3) is 0.750. The van der Waals surface area contributed by atoms with E-state index < -0.39 is 16.9 Å². The topological polar surface area (TPSA) is 52.6 Å². The third-order valence-corrected chi connectivity index (χ3v) is 5.73. The Bertz CT molecular complexity index is 165. The molecule has 0 atom stereocenters. The maximum atomic E-state index is 10.6. The Morgan fingerprint density at radius 1 is 1.15 bits per heavy atom. The van der Waals surface area contributed by atoms with E-state index in [2.05, 4.69) is 0 Å². The zero-order chi connectivity index (χ0) is 10.3. The summed E-state index contributed by atoms with van der Waals surface area (Å²) in [7, 11) is 0. The Hall–Kier alpha value is -0.424. The molecule has 0 aromatic rings. The molecular weight excluding hydrogens is 230 g/mol. The molecule has 0 aliphatic rings. The summed E-state index contributed by atoms with van der Waals surface area (Å²) in [5.74, 6) is -0.690. The Balaban J connectivity index is 3.87. The van der Waals surface area contributed by atoms with Crippen molar-refractivity contribution in [1.29, 1.82) is 0 Å². The summed E-state index contributed by atoms with van der Waals surface area (Å²) in [6.45, 7) is 4.72. The first-order valence-electron chi connectivity index (χ1n) is 4.40. The summed E-state index contributed by atoms with van der Waals surface area (Å²) in [5.41, 5.74) is 0. The molecule has 0 spiro atoms. The van der Waals surface area contributed by atoms with Crippen LogP contribution in [0.25, 0.3) is 0 Å². The predicted octanol–water partition coefficient (Wildman–Crippen LogP) is 1.40. The van der Waals surface area contributed by atoms with Crippen molar-refractivity contribution in [2.45, 2.75) is 38.6 Å². The average molecular weight is 245 g/mol. The van der Waals surface area contributed by atoms with E-state index in [0.29, 0.717) is 0 Å².